The van der Waals surface area contributed by atoms with Crippen LogP contribution in [-0.4, -0.2) is 59.5 Å². The number of nitrogens with one attached hydrogen (secondary N) is 2. The molecular weight excluding hydrogens is 500 g/mol. The number of carbonyl (C=O) groups excluding carboxylic acids is 2. The number of hydrogen-bond acceptors (Lipinski definition) is 8. The molecule has 2 aromatic heterocycles. The van der Waals surface area contributed by atoms with E-state index >= 15 is 0 Å². The molecule has 0 spiro atoms. The zero-order valence-electron chi connectivity index (χ0n) is 21.4. The molecule has 0 unspecified atom stereocenters. The van der Waals surface area contributed by atoms with Crippen LogP contribution >= 0.6 is 11.3 Å². The Balaban J connectivity index is 1.42. The largest absolute Gasteiger partial charge is 0.379 e. The van der Waals surface area contributed by atoms with Gasteiger partial charge in [0.05, 0.1) is 24.7 Å². The highest BCUT2D eigenvalue weighted by Gasteiger charge is 2.18. The molecule has 0 radical (unpaired) electrons. The van der Waals surface area contributed by atoms with E-state index in [1.54, 1.807) is 24.5 Å². The van der Waals surface area contributed by atoms with Crippen molar-refractivity contribution < 1.29 is 14.3 Å². The Morgan fingerprint density at radius 1 is 1.18 bits per heavy atom. The maximum atomic E-state index is 12.8. The van der Waals surface area contributed by atoms with Crippen LogP contribution < -0.4 is 10.6 Å². The van der Waals surface area contributed by atoms with E-state index < -0.39 is 5.92 Å². The lowest BCUT2D eigenvalue weighted by Crippen LogP contribution is -2.36. The van der Waals surface area contributed by atoms with Crippen molar-refractivity contribution in [3.63, 3.8) is 0 Å². The van der Waals surface area contributed by atoms with Crippen LogP contribution in [0.1, 0.15) is 35.8 Å². The number of aromatic nitrogens is 2. The van der Waals surface area contributed by atoms with Gasteiger partial charge in [-0.05, 0) is 30.5 Å². The van der Waals surface area contributed by atoms with Crippen molar-refractivity contribution in [2.24, 2.45) is 0 Å². The number of pyridine rings is 1. The highest BCUT2D eigenvalue weighted by Crippen LogP contribution is 2.27. The van der Waals surface area contributed by atoms with Crippen molar-refractivity contribution in [3.05, 3.63) is 70.9 Å². The second-order valence-corrected chi connectivity index (χ2v) is 9.97. The maximum Gasteiger partial charge on any atom is 0.249 e. The Hall–Kier alpha value is -3.91. The fourth-order valence-corrected chi connectivity index (χ4v) is 4.69. The third kappa shape index (κ3) is 7.10. The van der Waals surface area contributed by atoms with Gasteiger partial charge in [0.1, 0.15) is 6.07 Å². The van der Waals surface area contributed by atoms with Crippen molar-refractivity contribution in [2.75, 3.05) is 43.5 Å². The molecule has 1 fully saturated rings. The number of anilines is 2. The third-order valence-electron chi connectivity index (χ3n) is 6.23. The number of amides is 2. The molecule has 0 saturated carbocycles. The third-order valence-corrected chi connectivity index (χ3v) is 7.29. The van der Waals surface area contributed by atoms with Gasteiger partial charge in [-0.25, -0.2) is 9.97 Å². The molecule has 0 bridgehead atoms. The Morgan fingerprint density at radius 3 is 2.74 bits per heavy atom. The SMILES string of the molecule is CCc1cnc(NC(=O)[C@@H](C)c2cccc(-c3cnc(NC(=O)/C=C/CN4CCOCC4)c(C#N)c3)c2)s1. The van der Waals surface area contributed by atoms with Gasteiger partial charge >= 0.3 is 0 Å². The Morgan fingerprint density at radius 2 is 2.00 bits per heavy atom. The zero-order valence-corrected chi connectivity index (χ0v) is 22.3. The minimum atomic E-state index is -0.407. The summed E-state index contributed by atoms with van der Waals surface area (Å²) in [5.41, 5.74) is 2.61. The maximum absolute atomic E-state index is 12.8. The number of rotatable bonds is 9. The van der Waals surface area contributed by atoms with E-state index in [4.69, 9.17) is 4.74 Å². The van der Waals surface area contributed by atoms with Crippen LogP contribution in [0.4, 0.5) is 10.9 Å². The summed E-state index contributed by atoms with van der Waals surface area (Å²) in [5, 5.41) is 15.9. The number of carbonyl (C=O) groups is 2. The Labute approximate surface area is 226 Å². The van der Waals surface area contributed by atoms with Gasteiger partial charge in [-0.1, -0.05) is 37.3 Å². The number of hydrogen-bond donors (Lipinski definition) is 2. The summed E-state index contributed by atoms with van der Waals surface area (Å²) in [6.45, 7) is 7.61. The molecule has 1 aliphatic rings. The summed E-state index contributed by atoms with van der Waals surface area (Å²) in [6, 6.07) is 11.4. The first-order valence-corrected chi connectivity index (χ1v) is 13.3. The van der Waals surface area contributed by atoms with E-state index in [2.05, 4.69) is 31.6 Å². The first kappa shape index (κ1) is 27.1. The van der Waals surface area contributed by atoms with Crippen LogP contribution in [0, 0.1) is 11.3 Å². The van der Waals surface area contributed by atoms with E-state index in [9.17, 15) is 14.9 Å². The molecule has 4 rings (SSSR count). The lowest BCUT2D eigenvalue weighted by molar-refractivity contribution is -0.117. The number of thiazole rings is 1. The number of nitrogens with zero attached hydrogens (tertiary/aromatic N) is 4. The molecule has 1 aliphatic heterocycles. The van der Waals surface area contributed by atoms with Crippen LogP contribution in [0.15, 0.2) is 54.9 Å². The number of nitriles is 1. The first-order chi connectivity index (χ1) is 18.5. The number of benzene rings is 1. The highest BCUT2D eigenvalue weighted by molar-refractivity contribution is 7.15. The van der Waals surface area contributed by atoms with Crippen molar-refractivity contribution in [1.29, 1.82) is 5.26 Å². The zero-order chi connectivity index (χ0) is 26.9. The lowest BCUT2D eigenvalue weighted by atomic mass is 9.96. The molecule has 38 heavy (non-hydrogen) atoms. The van der Waals surface area contributed by atoms with Gasteiger partial charge in [0.2, 0.25) is 11.8 Å². The van der Waals surface area contributed by atoms with Gasteiger partial charge < -0.3 is 15.4 Å². The molecule has 1 atom stereocenters. The van der Waals surface area contributed by atoms with Gasteiger partial charge in [-0.3, -0.25) is 14.5 Å². The quantitative estimate of drug-likeness (QED) is 0.398. The standard InChI is InChI=1S/C28H30N6O3S/c1-3-24-18-31-28(38-24)33-27(36)19(2)20-6-4-7-21(14-20)23-15-22(16-29)26(30-17-23)32-25(35)8-5-9-34-10-12-37-13-11-34/h4-8,14-15,17-19H,3,9-13H2,1-2H3,(H,30,32,35)(H,31,33,36)/b8-5+/t19-/m0/s1. The van der Waals surface area contributed by atoms with Gasteiger partial charge in [0.15, 0.2) is 10.9 Å². The number of ether oxygens (including phenoxy) is 1. The molecule has 9 nitrogen and oxygen atoms in total. The summed E-state index contributed by atoms with van der Waals surface area (Å²) in [6.07, 6.45) is 7.51. The van der Waals surface area contributed by atoms with Crippen LogP contribution in [0.2, 0.25) is 0 Å². The fraction of sp³-hybridized carbons (Fsp3) is 0.321. The first-order valence-electron chi connectivity index (χ1n) is 12.5. The summed E-state index contributed by atoms with van der Waals surface area (Å²) < 4.78 is 5.32. The van der Waals surface area contributed by atoms with Crippen LogP contribution in [-0.2, 0) is 20.7 Å². The summed E-state index contributed by atoms with van der Waals surface area (Å²) in [7, 11) is 0. The molecule has 196 valence electrons. The number of morpholine rings is 1. The minimum Gasteiger partial charge on any atom is -0.379 e. The van der Waals surface area contributed by atoms with E-state index in [0.29, 0.717) is 30.5 Å². The molecule has 3 heterocycles. The molecule has 10 heteroatoms. The Kier molecular flexibility index (Phi) is 9.32. The van der Waals surface area contributed by atoms with E-state index in [1.165, 1.54) is 17.4 Å². The molecule has 2 N–H and O–H groups in total. The molecule has 0 aliphatic carbocycles. The fourth-order valence-electron chi connectivity index (χ4n) is 3.94. The average Bonchev–Trinajstić information content (AvgIpc) is 3.41. The molecule has 2 amide bonds. The average molecular weight is 531 g/mol. The van der Waals surface area contributed by atoms with Crippen molar-refractivity contribution in [3.8, 4) is 17.2 Å². The summed E-state index contributed by atoms with van der Waals surface area (Å²) in [5.74, 6) is -0.691. The lowest BCUT2D eigenvalue weighted by Gasteiger charge is -2.24. The van der Waals surface area contributed by atoms with E-state index in [0.717, 1.165) is 35.5 Å². The van der Waals surface area contributed by atoms with Crippen LogP contribution in [0.5, 0.6) is 0 Å². The smallest absolute Gasteiger partial charge is 0.249 e. The monoisotopic (exact) mass is 530 g/mol. The summed E-state index contributed by atoms with van der Waals surface area (Å²) >= 11 is 1.47. The Bertz CT molecular complexity index is 1360. The van der Waals surface area contributed by atoms with Crippen LogP contribution in [0.25, 0.3) is 11.1 Å². The molecule has 1 aromatic carbocycles. The topological polar surface area (TPSA) is 120 Å². The van der Waals surface area contributed by atoms with Crippen molar-refractivity contribution in [2.45, 2.75) is 26.2 Å². The van der Waals surface area contributed by atoms with Crippen LogP contribution in [0.3, 0.4) is 0 Å². The normalized spacial score (nSPS) is 14.7. The van der Waals surface area contributed by atoms with Gasteiger partial charge in [0.25, 0.3) is 0 Å². The minimum absolute atomic E-state index is 0.144. The number of aryl methyl sites for hydroxylation is 1. The highest BCUT2D eigenvalue weighted by atomic mass is 32.1. The second kappa shape index (κ2) is 13.1. The predicted octanol–water partition coefficient (Wildman–Crippen LogP) is 4.21. The van der Waals surface area contributed by atoms with Gasteiger partial charge in [-0.15, -0.1) is 11.3 Å². The molecule has 3 aromatic rings. The van der Waals surface area contributed by atoms with E-state index in [-0.39, 0.29) is 23.2 Å². The second-order valence-electron chi connectivity index (χ2n) is 8.86. The summed E-state index contributed by atoms with van der Waals surface area (Å²) in [4.78, 5) is 37.1. The molecular formula is C28H30N6O3S. The predicted molar refractivity (Wildman–Crippen MR) is 148 cm³/mol. The van der Waals surface area contributed by atoms with Crippen molar-refractivity contribution in [1.82, 2.24) is 14.9 Å². The molecule has 1 saturated heterocycles. The van der Waals surface area contributed by atoms with E-state index in [1.807, 2.05) is 38.1 Å². The van der Waals surface area contributed by atoms with Crippen molar-refractivity contribution >= 4 is 34.1 Å². The van der Waals surface area contributed by atoms with Gasteiger partial charge in [0, 0.05) is 48.5 Å². The van der Waals surface area contributed by atoms with Gasteiger partial charge in [-0.2, -0.15) is 5.26 Å².